The third kappa shape index (κ3) is 3.27. The highest BCUT2D eigenvalue weighted by Crippen LogP contribution is 2.15. The predicted octanol–water partition coefficient (Wildman–Crippen LogP) is 1.83. The first kappa shape index (κ1) is 16.8. The van der Waals surface area contributed by atoms with Gasteiger partial charge in [-0.05, 0) is 17.7 Å². The summed E-state index contributed by atoms with van der Waals surface area (Å²) in [5, 5.41) is 13.0. The zero-order valence-corrected chi connectivity index (χ0v) is 13.9. The van der Waals surface area contributed by atoms with Gasteiger partial charge in [0, 0.05) is 30.5 Å². The van der Waals surface area contributed by atoms with Crippen LogP contribution in [-0.4, -0.2) is 20.0 Å². The number of aromatic hydroxyl groups is 1. The van der Waals surface area contributed by atoms with E-state index < -0.39 is 22.6 Å². The fourth-order valence-corrected chi connectivity index (χ4v) is 2.75. The van der Waals surface area contributed by atoms with Crippen LogP contribution in [0.1, 0.15) is 12.5 Å². The maximum absolute atomic E-state index is 12.6. The summed E-state index contributed by atoms with van der Waals surface area (Å²) < 4.78 is 2.66. The lowest BCUT2D eigenvalue weighted by molar-refractivity contribution is -0.114. The summed E-state index contributed by atoms with van der Waals surface area (Å²) in [4.78, 5) is 35.9. The summed E-state index contributed by atoms with van der Waals surface area (Å²) in [7, 11) is 0. The minimum atomic E-state index is -0.812. The first-order valence-electron chi connectivity index (χ1n) is 7.36. The minimum Gasteiger partial charge on any atom is -0.502 e. The molecule has 1 aromatic carbocycles. The van der Waals surface area contributed by atoms with Crippen LogP contribution in [0, 0.1) is 0 Å². The van der Waals surface area contributed by atoms with Gasteiger partial charge < -0.3 is 19.4 Å². The van der Waals surface area contributed by atoms with Crippen LogP contribution in [0.25, 0.3) is 5.52 Å². The lowest BCUT2D eigenvalue weighted by Gasteiger charge is -2.11. The largest absolute Gasteiger partial charge is 0.502 e. The van der Waals surface area contributed by atoms with E-state index in [1.165, 1.54) is 34.5 Å². The molecule has 0 atom stereocenters. The van der Waals surface area contributed by atoms with E-state index in [9.17, 15) is 19.5 Å². The quantitative estimate of drug-likeness (QED) is 0.746. The van der Waals surface area contributed by atoms with Crippen LogP contribution in [0.2, 0.25) is 5.02 Å². The molecule has 0 aliphatic carbocycles. The van der Waals surface area contributed by atoms with Crippen LogP contribution in [0.15, 0.2) is 52.4 Å². The smallest absolute Gasteiger partial charge is 0.279 e. The van der Waals surface area contributed by atoms with Gasteiger partial charge in [-0.2, -0.15) is 0 Å². The number of amides is 1. The second-order valence-corrected chi connectivity index (χ2v) is 5.96. The topological polar surface area (TPSA) is 92.8 Å². The first-order valence-corrected chi connectivity index (χ1v) is 7.74. The highest BCUT2D eigenvalue weighted by atomic mass is 35.5. The number of carbonyl (C=O) groups excluding carboxylic acids is 1. The van der Waals surface area contributed by atoms with Crippen LogP contribution >= 0.6 is 11.6 Å². The van der Waals surface area contributed by atoms with E-state index in [0.717, 1.165) is 5.56 Å². The molecule has 1 amide bonds. The van der Waals surface area contributed by atoms with Gasteiger partial charge in [0.25, 0.3) is 5.56 Å². The number of carbonyl (C=O) groups is 1. The molecule has 0 spiro atoms. The summed E-state index contributed by atoms with van der Waals surface area (Å²) in [6.45, 7) is 1.48. The summed E-state index contributed by atoms with van der Waals surface area (Å²) in [5.74, 6) is -1.16. The van der Waals surface area contributed by atoms with Gasteiger partial charge in [0.2, 0.25) is 11.3 Å². The molecule has 0 radical (unpaired) electrons. The number of nitrogens with zero attached hydrogens (tertiary/aromatic N) is 2. The molecule has 25 heavy (non-hydrogen) atoms. The van der Waals surface area contributed by atoms with E-state index in [4.69, 9.17) is 11.6 Å². The van der Waals surface area contributed by atoms with Crippen molar-refractivity contribution in [1.82, 2.24) is 8.97 Å². The number of aromatic nitrogens is 2. The van der Waals surface area contributed by atoms with Crippen LogP contribution in [0.5, 0.6) is 5.75 Å². The van der Waals surface area contributed by atoms with E-state index in [1.807, 2.05) is 6.07 Å². The number of benzene rings is 1. The highest BCUT2D eigenvalue weighted by Gasteiger charge is 2.15. The molecule has 3 aromatic rings. The van der Waals surface area contributed by atoms with Crippen molar-refractivity contribution in [3.05, 3.63) is 74.0 Å². The molecular weight excluding hydrogens is 346 g/mol. The molecule has 3 rings (SSSR count). The molecular formula is C17H14ClN3O4. The van der Waals surface area contributed by atoms with Gasteiger partial charge in [0.1, 0.15) is 5.69 Å². The van der Waals surface area contributed by atoms with Crippen molar-refractivity contribution in [2.75, 3.05) is 5.32 Å². The average Bonchev–Trinajstić information content (AvgIpc) is 2.54. The van der Waals surface area contributed by atoms with Gasteiger partial charge >= 0.3 is 0 Å². The minimum absolute atomic E-state index is 0.102. The number of nitrogens with one attached hydrogen (secondary N) is 1. The molecule has 0 aliphatic rings. The lowest BCUT2D eigenvalue weighted by Crippen LogP contribution is -2.25. The van der Waals surface area contributed by atoms with Crippen molar-refractivity contribution in [2.45, 2.75) is 13.5 Å². The molecule has 0 bridgehead atoms. The van der Waals surface area contributed by atoms with Gasteiger partial charge in [-0.1, -0.05) is 23.7 Å². The van der Waals surface area contributed by atoms with Crippen molar-refractivity contribution < 1.29 is 9.90 Å². The second kappa shape index (κ2) is 6.45. The molecule has 2 heterocycles. The van der Waals surface area contributed by atoms with Crippen LogP contribution in [0.4, 0.5) is 5.69 Å². The zero-order chi connectivity index (χ0) is 18.1. The van der Waals surface area contributed by atoms with Gasteiger partial charge in [-0.15, -0.1) is 0 Å². The van der Waals surface area contributed by atoms with Crippen molar-refractivity contribution in [3.63, 3.8) is 0 Å². The van der Waals surface area contributed by atoms with E-state index in [2.05, 4.69) is 5.32 Å². The summed E-state index contributed by atoms with van der Waals surface area (Å²) in [5.41, 5.74) is -0.812. The molecule has 0 saturated heterocycles. The van der Waals surface area contributed by atoms with Crippen molar-refractivity contribution in [2.24, 2.45) is 0 Å². The first-order chi connectivity index (χ1) is 11.9. The Hall–Kier alpha value is -3.06. The SMILES string of the molecule is CC(=O)Nc1cn2ccn(Cc3cccc(Cl)c3)c(=O)c2c(O)c1=O. The van der Waals surface area contributed by atoms with E-state index in [0.29, 0.717) is 5.02 Å². The monoisotopic (exact) mass is 359 g/mol. The van der Waals surface area contributed by atoms with Crippen molar-refractivity contribution >= 4 is 28.7 Å². The third-order valence-electron chi connectivity index (χ3n) is 3.63. The average molecular weight is 360 g/mol. The molecule has 0 aliphatic heterocycles. The highest BCUT2D eigenvalue weighted by molar-refractivity contribution is 6.30. The number of hydrogen-bond donors (Lipinski definition) is 2. The van der Waals surface area contributed by atoms with Gasteiger partial charge in [-0.25, -0.2) is 0 Å². The number of fused-ring (bicyclic) bond motifs is 1. The zero-order valence-electron chi connectivity index (χ0n) is 13.2. The maximum atomic E-state index is 12.6. The lowest BCUT2D eigenvalue weighted by atomic mass is 10.2. The van der Waals surface area contributed by atoms with Gasteiger partial charge in [-0.3, -0.25) is 14.4 Å². The number of rotatable bonds is 3. The standard InChI is InChI=1S/C17H14ClN3O4/c1-10(22)19-13-9-20-5-6-21(8-11-3-2-4-12(18)7-11)17(25)14(20)16(24)15(13)23/h2-7,9,24H,8H2,1H3,(H,19,22). The van der Waals surface area contributed by atoms with Crippen molar-refractivity contribution in [3.8, 4) is 5.75 Å². The van der Waals surface area contributed by atoms with Crippen molar-refractivity contribution in [1.29, 1.82) is 0 Å². The second-order valence-electron chi connectivity index (χ2n) is 5.52. The fraction of sp³-hybridized carbons (Fsp3) is 0.118. The predicted molar refractivity (Wildman–Crippen MR) is 94.4 cm³/mol. The molecule has 0 saturated carbocycles. The van der Waals surface area contributed by atoms with Crippen LogP contribution in [0.3, 0.4) is 0 Å². The molecule has 2 aromatic heterocycles. The molecule has 0 fully saturated rings. The number of hydrogen-bond acceptors (Lipinski definition) is 4. The third-order valence-corrected chi connectivity index (χ3v) is 3.87. The van der Waals surface area contributed by atoms with Gasteiger partial charge in [0.15, 0.2) is 11.3 Å². The van der Waals surface area contributed by atoms with Crippen LogP contribution < -0.4 is 16.3 Å². The summed E-state index contributed by atoms with van der Waals surface area (Å²) in [6, 6.07) is 7.03. The number of pyridine rings is 1. The van der Waals surface area contributed by atoms with Crippen LogP contribution in [-0.2, 0) is 11.3 Å². The maximum Gasteiger partial charge on any atom is 0.279 e. The Bertz CT molecular complexity index is 1100. The normalized spacial score (nSPS) is 10.8. The Balaban J connectivity index is 2.14. The Kier molecular flexibility index (Phi) is 4.33. The number of halogens is 1. The summed E-state index contributed by atoms with van der Waals surface area (Å²) >= 11 is 5.94. The fourth-order valence-electron chi connectivity index (χ4n) is 2.54. The number of anilines is 1. The van der Waals surface area contributed by atoms with E-state index in [1.54, 1.807) is 18.2 Å². The molecule has 7 nitrogen and oxygen atoms in total. The molecule has 128 valence electrons. The molecule has 0 unspecified atom stereocenters. The summed E-state index contributed by atoms with van der Waals surface area (Å²) in [6.07, 6.45) is 4.34. The van der Waals surface area contributed by atoms with E-state index >= 15 is 0 Å². The Morgan fingerprint density at radius 1 is 1.28 bits per heavy atom. The van der Waals surface area contributed by atoms with E-state index in [-0.39, 0.29) is 17.7 Å². The van der Waals surface area contributed by atoms with Gasteiger partial charge in [0.05, 0.1) is 6.54 Å². The Morgan fingerprint density at radius 2 is 2.04 bits per heavy atom. The Morgan fingerprint density at radius 3 is 2.72 bits per heavy atom. The Labute approximate surface area is 146 Å². The molecule has 2 N–H and O–H groups in total. The molecule has 8 heteroatoms.